The van der Waals surface area contributed by atoms with Crippen LogP contribution in [-0.4, -0.2) is 13.1 Å². The van der Waals surface area contributed by atoms with Crippen molar-refractivity contribution in [2.45, 2.75) is 28.2 Å². The first-order valence-corrected chi connectivity index (χ1v) is 6.39. The summed E-state index contributed by atoms with van der Waals surface area (Å²) in [6, 6.07) is 19.1. The maximum Gasteiger partial charge on any atom is 0.337 e. The van der Waals surface area contributed by atoms with Gasteiger partial charge in [0.2, 0.25) is 0 Å². The number of ether oxygens (including phenoxy) is 1. The molecule has 0 aliphatic carbocycles. The molecule has 0 amide bonds. The first kappa shape index (κ1) is 20.2. The highest BCUT2D eigenvalue weighted by Crippen LogP contribution is 1.98. The zero-order chi connectivity index (χ0) is 14.5. The molecule has 0 N–H and O–H groups in total. The number of carbonyl (C=O) groups excluding carboxylic acids is 1. The van der Waals surface area contributed by atoms with E-state index in [0.29, 0.717) is 5.56 Å². The van der Waals surface area contributed by atoms with Crippen molar-refractivity contribution in [3.63, 3.8) is 0 Å². The summed E-state index contributed by atoms with van der Waals surface area (Å²) >= 11 is 0. The van der Waals surface area contributed by atoms with E-state index in [9.17, 15) is 4.79 Å². The molecule has 2 rings (SSSR count). The standard InChI is InChI=1S/C8H8O2.C7H8.C2H6.CH4/c1-10-8(9)7-5-3-2-4-6-7;1-7-5-3-2-4-6-7;1-2;/h2-6H,1H3;2-6H,1H3;1-2H3;1H4. The number of hydrogen-bond donors (Lipinski definition) is 0. The zero-order valence-corrected chi connectivity index (χ0v) is 12.1. The lowest BCUT2D eigenvalue weighted by Gasteiger charge is -1.95. The molecule has 2 heteroatoms. The number of methoxy groups -OCH3 is 1. The van der Waals surface area contributed by atoms with Gasteiger partial charge in [-0.2, -0.15) is 0 Å². The number of benzene rings is 2. The van der Waals surface area contributed by atoms with Gasteiger partial charge in [0.05, 0.1) is 12.7 Å². The van der Waals surface area contributed by atoms with E-state index in [4.69, 9.17) is 0 Å². The van der Waals surface area contributed by atoms with Crippen molar-refractivity contribution in [1.29, 1.82) is 0 Å². The number of carbonyl (C=O) groups is 1. The van der Waals surface area contributed by atoms with Crippen molar-refractivity contribution in [2.24, 2.45) is 0 Å². The fraction of sp³-hybridized carbons (Fsp3) is 0.278. The van der Waals surface area contributed by atoms with Crippen molar-refractivity contribution >= 4 is 5.97 Å². The van der Waals surface area contributed by atoms with E-state index in [0.717, 1.165) is 0 Å². The number of hydrogen-bond acceptors (Lipinski definition) is 2. The maximum atomic E-state index is 10.8. The minimum Gasteiger partial charge on any atom is -0.465 e. The molecular weight excluding hydrogens is 248 g/mol. The van der Waals surface area contributed by atoms with E-state index in [1.165, 1.54) is 12.7 Å². The molecule has 0 saturated carbocycles. The van der Waals surface area contributed by atoms with Gasteiger partial charge in [0.15, 0.2) is 0 Å². The molecule has 0 aliphatic heterocycles. The summed E-state index contributed by atoms with van der Waals surface area (Å²) in [5, 5.41) is 0. The highest BCUT2D eigenvalue weighted by molar-refractivity contribution is 5.89. The Labute approximate surface area is 123 Å². The molecule has 0 saturated heterocycles. The van der Waals surface area contributed by atoms with E-state index >= 15 is 0 Å². The smallest absolute Gasteiger partial charge is 0.337 e. The number of rotatable bonds is 1. The van der Waals surface area contributed by atoms with Crippen LogP contribution < -0.4 is 0 Å². The van der Waals surface area contributed by atoms with Crippen LogP contribution in [0.25, 0.3) is 0 Å². The third kappa shape index (κ3) is 8.92. The van der Waals surface area contributed by atoms with Crippen molar-refractivity contribution < 1.29 is 9.53 Å². The van der Waals surface area contributed by atoms with Gasteiger partial charge in [-0.3, -0.25) is 0 Å². The fourth-order valence-electron chi connectivity index (χ4n) is 1.23. The average Bonchev–Trinajstić information content (AvgIpc) is 2.51. The van der Waals surface area contributed by atoms with E-state index in [2.05, 4.69) is 23.8 Å². The Kier molecular flexibility index (Phi) is 13.5. The molecule has 0 atom stereocenters. The summed E-state index contributed by atoms with van der Waals surface area (Å²) in [6.07, 6.45) is 0. The van der Waals surface area contributed by atoms with Gasteiger partial charge in [-0.25, -0.2) is 4.79 Å². The van der Waals surface area contributed by atoms with Gasteiger partial charge in [0, 0.05) is 0 Å². The second kappa shape index (κ2) is 13.3. The Balaban J connectivity index is 0. The summed E-state index contributed by atoms with van der Waals surface area (Å²) < 4.78 is 4.50. The number of aryl methyl sites for hydroxylation is 1. The van der Waals surface area contributed by atoms with E-state index < -0.39 is 0 Å². The summed E-state index contributed by atoms with van der Waals surface area (Å²) in [6.45, 7) is 6.08. The van der Waals surface area contributed by atoms with Crippen LogP contribution in [0.3, 0.4) is 0 Å². The Bertz CT molecular complexity index is 435. The van der Waals surface area contributed by atoms with Crippen LogP contribution in [-0.2, 0) is 4.74 Å². The molecule has 0 heterocycles. The van der Waals surface area contributed by atoms with Crippen LogP contribution in [0.5, 0.6) is 0 Å². The topological polar surface area (TPSA) is 26.3 Å². The summed E-state index contributed by atoms with van der Waals surface area (Å²) in [5.41, 5.74) is 1.91. The maximum absolute atomic E-state index is 10.8. The normalized spacial score (nSPS) is 7.80. The molecular formula is C18H26O2. The van der Waals surface area contributed by atoms with Gasteiger partial charge < -0.3 is 4.74 Å². The molecule has 2 nitrogen and oxygen atoms in total. The van der Waals surface area contributed by atoms with Crippen LogP contribution in [0, 0.1) is 6.92 Å². The summed E-state index contributed by atoms with van der Waals surface area (Å²) in [5.74, 6) is -0.291. The minimum atomic E-state index is -0.291. The van der Waals surface area contributed by atoms with Crippen LogP contribution in [0.15, 0.2) is 60.7 Å². The molecule has 0 bridgehead atoms. The lowest BCUT2D eigenvalue weighted by atomic mass is 10.2. The molecule has 0 radical (unpaired) electrons. The molecule has 0 fully saturated rings. The predicted molar refractivity (Wildman–Crippen MR) is 87.0 cm³/mol. The Morgan fingerprint density at radius 3 is 1.55 bits per heavy atom. The lowest BCUT2D eigenvalue weighted by molar-refractivity contribution is 0.0600. The van der Waals surface area contributed by atoms with Crippen molar-refractivity contribution in [3.05, 3.63) is 71.8 Å². The van der Waals surface area contributed by atoms with Gasteiger partial charge in [-0.15, -0.1) is 0 Å². The quantitative estimate of drug-likeness (QED) is 0.674. The number of esters is 1. The minimum absolute atomic E-state index is 0. The highest BCUT2D eigenvalue weighted by Gasteiger charge is 2.00. The average molecular weight is 274 g/mol. The first-order chi connectivity index (χ1) is 9.24. The third-order valence-corrected chi connectivity index (χ3v) is 2.14. The van der Waals surface area contributed by atoms with Crippen molar-refractivity contribution in [1.82, 2.24) is 0 Å². The SMILES string of the molecule is C.CC.COC(=O)c1ccccc1.Cc1ccccc1. The van der Waals surface area contributed by atoms with Gasteiger partial charge in [0.1, 0.15) is 0 Å². The van der Waals surface area contributed by atoms with Crippen LogP contribution >= 0.6 is 0 Å². The summed E-state index contributed by atoms with van der Waals surface area (Å²) in [4.78, 5) is 10.8. The zero-order valence-electron chi connectivity index (χ0n) is 12.1. The molecule has 0 aliphatic rings. The molecule has 110 valence electrons. The monoisotopic (exact) mass is 274 g/mol. The highest BCUT2D eigenvalue weighted by atomic mass is 16.5. The van der Waals surface area contributed by atoms with Crippen molar-refractivity contribution in [3.8, 4) is 0 Å². The van der Waals surface area contributed by atoms with Gasteiger partial charge >= 0.3 is 5.97 Å². The molecule has 2 aromatic carbocycles. The van der Waals surface area contributed by atoms with E-state index in [1.807, 2.05) is 38.1 Å². The van der Waals surface area contributed by atoms with Gasteiger partial charge in [-0.05, 0) is 19.1 Å². The first-order valence-electron chi connectivity index (χ1n) is 6.39. The second-order valence-electron chi connectivity index (χ2n) is 3.51. The van der Waals surface area contributed by atoms with Gasteiger partial charge in [-0.1, -0.05) is 75.4 Å². The summed E-state index contributed by atoms with van der Waals surface area (Å²) in [7, 11) is 1.37. The van der Waals surface area contributed by atoms with Crippen LogP contribution in [0.2, 0.25) is 0 Å². The molecule has 20 heavy (non-hydrogen) atoms. The van der Waals surface area contributed by atoms with E-state index in [-0.39, 0.29) is 13.4 Å². The molecule has 0 spiro atoms. The predicted octanol–water partition coefficient (Wildman–Crippen LogP) is 5.13. The Morgan fingerprint density at radius 2 is 1.25 bits per heavy atom. The largest absolute Gasteiger partial charge is 0.465 e. The lowest BCUT2D eigenvalue weighted by Crippen LogP contribution is -1.99. The van der Waals surface area contributed by atoms with Crippen LogP contribution in [0.1, 0.15) is 37.2 Å². The van der Waals surface area contributed by atoms with Crippen LogP contribution in [0.4, 0.5) is 0 Å². The fourth-order valence-corrected chi connectivity index (χ4v) is 1.23. The second-order valence-corrected chi connectivity index (χ2v) is 3.51. The molecule has 2 aromatic rings. The van der Waals surface area contributed by atoms with Crippen molar-refractivity contribution in [2.75, 3.05) is 7.11 Å². The van der Waals surface area contributed by atoms with E-state index in [1.54, 1.807) is 24.3 Å². The third-order valence-electron chi connectivity index (χ3n) is 2.14. The Morgan fingerprint density at radius 1 is 0.850 bits per heavy atom. The van der Waals surface area contributed by atoms with Gasteiger partial charge in [0.25, 0.3) is 0 Å². The molecule has 0 unspecified atom stereocenters. The molecule has 0 aromatic heterocycles. The Hall–Kier alpha value is -2.09.